The van der Waals surface area contributed by atoms with Gasteiger partial charge in [-0.25, -0.2) is 0 Å². The number of phenolic OH excluding ortho intramolecular Hbond substituents is 2. The summed E-state index contributed by atoms with van der Waals surface area (Å²) >= 11 is 0. The zero-order valence-electron chi connectivity index (χ0n) is 19.3. The zero-order valence-corrected chi connectivity index (χ0v) is 19.3. The topological polar surface area (TPSA) is 66.8 Å². The van der Waals surface area contributed by atoms with Gasteiger partial charge in [-0.3, -0.25) is 4.79 Å². The van der Waals surface area contributed by atoms with Crippen LogP contribution in [-0.2, 0) is 16.0 Å². The molecule has 0 unspecified atom stereocenters. The molecular weight excluding hydrogens is 400 g/mol. The third kappa shape index (κ3) is 14.9. The minimum atomic E-state index is -0.208. The van der Waals surface area contributed by atoms with Gasteiger partial charge < -0.3 is 14.9 Å². The highest BCUT2D eigenvalue weighted by Gasteiger charge is 2.04. The van der Waals surface area contributed by atoms with Crippen molar-refractivity contribution >= 4 is 5.97 Å². The Balaban J connectivity index is 1.99. The summed E-state index contributed by atoms with van der Waals surface area (Å²) in [5, 5.41) is 18.7. The molecule has 0 atom stereocenters. The molecule has 0 radical (unpaired) electrons. The van der Waals surface area contributed by atoms with E-state index >= 15 is 0 Å². The van der Waals surface area contributed by atoms with Gasteiger partial charge >= 0.3 is 5.97 Å². The lowest BCUT2D eigenvalue weighted by atomic mass is 10.1. The Labute approximate surface area is 193 Å². The predicted molar refractivity (Wildman–Crippen MR) is 133 cm³/mol. The Morgan fingerprint density at radius 1 is 0.812 bits per heavy atom. The maximum atomic E-state index is 11.8. The van der Waals surface area contributed by atoms with Gasteiger partial charge in [0.15, 0.2) is 11.5 Å². The van der Waals surface area contributed by atoms with Crippen molar-refractivity contribution in [3.63, 3.8) is 0 Å². The number of aromatic hydroxyl groups is 2. The number of carbonyl (C=O) groups excluding carboxylic acids is 1. The van der Waals surface area contributed by atoms with Gasteiger partial charge in [0.05, 0.1) is 6.61 Å². The molecular formula is C28H38O4. The molecule has 174 valence electrons. The lowest BCUT2D eigenvalue weighted by molar-refractivity contribution is -0.143. The summed E-state index contributed by atoms with van der Waals surface area (Å²) in [4.78, 5) is 11.8. The van der Waals surface area contributed by atoms with Crippen LogP contribution in [0.25, 0.3) is 0 Å². The Hall–Kier alpha value is -3.01. The number of carbonyl (C=O) groups is 1. The molecule has 0 amide bonds. The van der Waals surface area contributed by atoms with Crippen molar-refractivity contribution < 1.29 is 19.7 Å². The monoisotopic (exact) mass is 438 g/mol. The van der Waals surface area contributed by atoms with Gasteiger partial charge in [0, 0.05) is 12.8 Å². The summed E-state index contributed by atoms with van der Waals surface area (Å²) in [6.45, 7) is 2.41. The Kier molecular flexibility index (Phi) is 15.8. The van der Waals surface area contributed by atoms with Crippen LogP contribution >= 0.6 is 0 Å². The van der Waals surface area contributed by atoms with E-state index in [4.69, 9.17) is 4.74 Å². The zero-order chi connectivity index (χ0) is 23.3. The van der Waals surface area contributed by atoms with Crippen molar-refractivity contribution in [2.24, 2.45) is 0 Å². The van der Waals surface area contributed by atoms with E-state index in [0.29, 0.717) is 12.8 Å². The first-order valence-corrected chi connectivity index (χ1v) is 11.5. The molecule has 0 fully saturated rings. The van der Waals surface area contributed by atoms with Crippen molar-refractivity contribution in [3.8, 4) is 11.5 Å². The molecule has 0 aliphatic carbocycles. The molecule has 1 rings (SSSR count). The van der Waals surface area contributed by atoms with Gasteiger partial charge in [0.25, 0.3) is 0 Å². The van der Waals surface area contributed by atoms with Crippen molar-refractivity contribution in [2.75, 3.05) is 6.61 Å². The molecule has 1 aromatic rings. The van der Waals surface area contributed by atoms with Crippen LogP contribution in [0.4, 0.5) is 0 Å². The summed E-state index contributed by atoms with van der Waals surface area (Å²) in [7, 11) is 0. The van der Waals surface area contributed by atoms with E-state index in [1.807, 2.05) is 0 Å². The molecule has 2 N–H and O–H groups in total. The summed E-state index contributed by atoms with van der Waals surface area (Å²) < 4.78 is 5.21. The number of esters is 1. The van der Waals surface area contributed by atoms with Gasteiger partial charge in [0.2, 0.25) is 0 Å². The molecule has 4 nitrogen and oxygen atoms in total. The number of ether oxygens (including phenoxy) is 1. The summed E-state index contributed by atoms with van der Waals surface area (Å²) in [5.41, 5.74) is 0.812. The molecule has 0 aliphatic rings. The van der Waals surface area contributed by atoms with E-state index < -0.39 is 0 Å². The molecule has 0 heterocycles. The minimum Gasteiger partial charge on any atom is -0.504 e. The molecule has 0 aliphatic heterocycles. The fraction of sp³-hybridized carbons (Fsp3) is 0.393. The highest BCUT2D eigenvalue weighted by molar-refractivity contribution is 5.69. The van der Waals surface area contributed by atoms with E-state index in [0.717, 1.165) is 50.5 Å². The maximum Gasteiger partial charge on any atom is 0.305 e. The van der Waals surface area contributed by atoms with E-state index in [1.54, 1.807) is 6.07 Å². The van der Waals surface area contributed by atoms with Gasteiger partial charge in [-0.15, -0.1) is 0 Å². The normalized spacial score (nSPS) is 12.3. The second-order valence-electron chi connectivity index (χ2n) is 7.39. The standard InChI is InChI=1S/C28H38O4/c1-2-3-4-5-6-7-8-9-10-11-12-13-14-15-16-17-18-19-28(31)32-23-22-25-20-21-26(29)27(30)24-25/h3-4,6-7,9-10,12-13,15-16,20-21,24,29-30H,2,5,8,11,14,17-19,22-23H2,1H3/b4-3-,7-6-,10-9-,13-12-,16-15-. The first-order chi connectivity index (χ1) is 15.6. The van der Waals surface area contributed by atoms with Gasteiger partial charge in [-0.05, 0) is 62.6 Å². The van der Waals surface area contributed by atoms with Crippen LogP contribution in [0, 0.1) is 0 Å². The molecule has 1 aromatic carbocycles. The highest BCUT2D eigenvalue weighted by atomic mass is 16.5. The average Bonchev–Trinajstić information content (AvgIpc) is 2.78. The van der Waals surface area contributed by atoms with Crippen molar-refractivity contribution in [1.82, 2.24) is 0 Å². The maximum absolute atomic E-state index is 11.8. The van der Waals surface area contributed by atoms with E-state index in [-0.39, 0.29) is 24.1 Å². The van der Waals surface area contributed by atoms with Gasteiger partial charge in [0.1, 0.15) is 0 Å². The van der Waals surface area contributed by atoms with Crippen LogP contribution in [0.15, 0.2) is 79.0 Å². The highest BCUT2D eigenvalue weighted by Crippen LogP contribution is 2.24. The number of hydrogen-bond acceptors (Lipinski definition) is 4. The first-order valence-electron chi connectivity index (χ1n) is 11.5. The average molecular weight is 439 g/mol. The smallest absolute Gasteiger partial charge is 0.305 e. The molecule has 0 aromatic heterocycles. The third-order valence-electron chi connectivity index (χ3n) is 4.60. The van der Waals surface area contributed by atoms with Crippen LogP contribution < -0.4 is 0 Å². The molecule has 32 heavy (non-hydrogen) atoms. The number of hydrogen-bond donors (Lipinski definition) is 2. The fourth-order valence-electron chi connectivity index (χ4n) is 2.81. The Bertz CT molecular complexity index is 785. The molecule has 0 spiro atoms. The summed E-state index contributed by atoms with van der Waals surface area (Å²) in [5.74, 6) is -0.521. The molecule has 4 heteroatoms. The van der Waals surface area contributed by atoms with E-state index in [1.165, 1.54) is 12.1 Å². The van der Waals surface area contributed by atoms with Crippen LogP contribution in [0.5, 0.6) is 11.5 Å². The van der Waals surface area contributed by atoms with Crippen molar-refractivity contribution in [1.29, 1.82) is 0 Å². The Morgan fingerprint density at radius 3 is 1.94 bits per heavy atom. The predicted octanol–water partition coefficient (Wildman–Crippen LogP) is 7.11. The Morgan fingerprint density at radius 2 is 1.38 bits per heavy atom. The van der Waals surface area contributed by atoms with Crippen LogP contribution in [0.1, 0.15) is 63.9 Å². The quantitative estimate of drug-likeness (QED) is 0.125. The van der Waals surface area contributed by atoms with Crippen LogP contribution in [0.3, 0.4) is 0 Å². The second-order valence-corrected chi connectivity index (χ2v) is 7.39. The minimum absolute atomic E-state index is 0.152. The number of allylic oxidation sites excluding steroid dienone is 10. The number of phenols is 2. The third-order valence-corrected chi connectivity index (χ3v) is 4.60. The second kappa shape index (κ2) is 18.7. The van der Waals surface area contributed by atoms with Crippen molar-refractivity contribution in [2.45, 2.75) is 64.7 Å². The number of benzene rings is 1. The first kappa shape index (κ1) is 27.0. The van der Waals surface area contributed by atoms with E-state index in [9.17, 15) is 15.0 Å². The molecule has 0 bridgehead atoms. The molecule has 0 saturated heterocycles. The number of rotatable bonds is 16. The summed E-state index contributed by atoms with van der Waals surface area (Å²) in [6, 6.07) is 4.60. The lowest BCUT2D eigenvalue weighted by Crippen LogP contribution is -2.07. The molecule has 0 saturated carbocycles. The summed E-state index contributed by atoms with van der Waals surface area (Å²) in [6.07, 6.45) is 29.2. The van der Waals surface area contributed by atoms with Gasteiger partial charge in [-0.2, -0.15) is 0 Å². The fourth-order valence-corrected chi connectivity index (χ4v) is 2.81. The SMILES string of the molecule is CC/C=C\C/C=C\C/C=C\C/C=C\C/C=C\CCCC(=O)OCCc1ccc(O)c(O)c1. The van der Waals surface area contributed by atoms with Crippen LogP contribution in [-0.4, -0.2) is 22.8 Å². The lowest BCUT2D eigenvalue weighted by Gasteiger charge is -2.05. The van der Waals surface area contributed by atoms with Crippen molar-refractivity contribution in [3.05, 3.63) is 84.5 Å². The van der Waals surface area contributed by atoms with E-state index in [2.05, 4.69) is 67.7 Å². The largest absolute Gasteiger partial charge is 0.504 e. The van der Waals surface area contributed by atoms with Gasteiger partial charge in [-0.1, -0.05) is 73.8 Å². The number of unbranched alkanes of at least 4 members (excludes halogenated alkanes) is 1. The van der Waals surface area contributed by atoms with Crippen LogP contribution in [0.2, 0.25) is 0 Å².